The van der Waals surface area contributed by atoms with Gasteiger partial charge in [-0.3, -0.25) is 9.59 Å². The van der Waals surface area contributed by atoms with Gasteiger partial charge in [0.1, 0.15) is 17.8 Å². The lowest BCUT2D eigenvalue weighted by atomic mass is 9.56. The molecule has 5 fully saturated rings. The zero-order chi connectivity index (χ0) is 17.4. The van der Waals surface area contributed by atoms with Gasteiger partial charge in [0.05, 0.1) is 5.41 Å². The van der Waals surface area contributed by atoms with Gasteiger partial charge in [0.25, 0.3) is 0 Å². The SMILES string of the molecule is C=C1[C@H]2C[C@]34CC[C@H](C(C)C)[C@@]3(C)C(=O)C(=O)[C@]4(C)[C@]23O[C@@H]3[C@H]1O. The molecule has 0 aromatic rings. The molecule has 5 rings (SSSR count). The number of rotatable bonds is 1. The molecule has 0 aromatic heterocycles. The standard InChI is InChI=1S/C20H26O4/c1-9(2)11-6-7-19-8-12-10(3)13(21)16-20(12,24-16)18(19,5)15(23)14(22)17(11,19)4/h9,11-13,16,21H,3,6-8H2,1-2,4-5H3/t11-,12-,13+,16-,17+,18+,19-,20+/m1/s1. The lowest BCUT2D eigenvalue weighted by molar-refractivity contribution is -0.143. The monoisotopic (exact) mass is 330 g/mol. The molecular weight excluding hydrogens is 304 g/mol. The quantitative estimate of drug-likeness (QED) is 0.455. The highest BCUT2D eigenvalue weighted by molar-refractivity contribution is 6.44. The topological polar surface area (TPSA) is 66.9 Å². The van der Waals surface area contributed by atoms with Crippen LogP contribution in [0.5, 0.6) is 0 Å². The van der Waals surface area contributed by atoms with Gasteiger partial charge in [-0.1, -0.05) is 27.4 Å². The molecule has 1 N–H and O–H groups in total. The maximum absolute atomic E-state index is 13.3. The molecule has 4 nitrogen and oxygen atoms in total. The van der Waals surface area contributed by atoms with Gasteiger partial charge in [-0.2, -0.15) is 0 Å². The van der Waals surface area contributed by atoms with E-state index in [1.54, 1.807) is 0 Å². The minimum atomic E-state index is -0.814. The molecule has 4 heteroatoms. The molecule has 130 valence electrons. The first kappa shape index (κ1) is 15.3. The molecule has 0 unspecified atom stereocenters. The number of aliphatic hydroxyl groups excluding tert-OH is 1. The first-order valence-electron chi connectivity index (χ1n) is 9.25. The Morgan fingerprint density at radius 2 is 1.92 bits per heavy atom. The Bertz CT molecular complexity index is 725. The Morgan fingerprint density at radius 3 is 2.54 bits per heavy atom. The van der Waals surface area contributed by atoms with E-state index in [9.17, 15) is 14.7 Å². The summed E-state index contributed by atoms with van der Waals surface area (Å²) in [5.74, 6) is 0.180. The van der Waals surface area contributed by atoms with Crippen molar-refractivity contribution in [2.45, 2.75) is 64.8 Å². The Labute approximate surface area is 142 Å². The van der Waals surface area contributed by atoms with E-state index in [0.29, 0.717) is 5.92 Å². The Balaban J connectivity index is 1.76. The van der Waals surface area contributed by atoms with Crippen molar-refractivity contribution < 1.29 is 19.4 Å². The first-order valence-corrected chi connectivity index (χ1v) is 9.25. The zero-order valence-corrected chi connectivity index (χ0v) is 14.9. The average Bonchev–Trinajstić information content (AvgIpc) is 3.05. The van der Waals surface area contributed by atoms with Crippen LogP contribution in [0.4, 0.5) is 0 Å². The molecule has 5 aliphatic rings. The van der Waals surface area contributed by atoms with Crippen LogP contribution in [0, 0.1) is 34.0 Å². The van der Waals surface area contributed by atoms with E-state index in [1.165, 1.54) is 0 Å². The van der Waals surface area contributed by atoms with Gasteiger partial charge >= 0.3 is 0 Å². The third-order valence-corrected chi connectivity index (χ3v) is 9.17. The van der Waals surface area contributed by atoms with Gasteiger partial charge in [0.2, 0.25) is 11.6 Å². The fraction of sp³-hybridized carbons (Fsp3) is 0.800. The fourth-order valence-electron chi connectivity index (χ4n) is 8.02. The number of ether oxygens (including phenoxy) is 1. The van der Waals surface area contributed by atoms with E-state index in [0.717, 1.165) is 24.8 Å². The normalized spacial score (nSPS) is 60.5. The maximum atomic E-state index is 13.3. The highest BCUT2D eigenvalue weighted by Crippen LogP contribution is 2.86. The molecule has 0 bridgehead atoms. The number of hydrogen-bond donors (Lipinski definition) is 1. The van der Waals surface area contributed by atoms with Crippen LogP contribution in [0.15, 0.2) is 12.2 Å². The molecular formula is C20H26O4. The van der Waals surface area contributed by atoms with E-state index in [2.05, 4.69) is 20.4 Å². The smallest absolute Gasteiger partial charge is 0.208 e. The Morgan fingerprint density at radius 1 is 1.25 bits per heavy atom. The lowest BCUT2D eigenvalue weighted by Gasteiger charge is -2.44. The average molecular weight is 330 g/mol. The number of epoxide rings is 1. The van der Waals surface area contributed by atoms with Crippen LogP contribution in [0.3, 0.4) is 0 Å². The van der Waals surface area contributed by atoms with Gasteiger partial charge in [-0.25, -0.2) is 0 Å². The van der Waals surface area contributed by atoms with Crippen LogP contribution in [-0.2, 0) is 14.3 Å². The van der Waals surface area contributed by atoms with Gasteiger partial charge in [0.15, 0.2) is 0 Å². The van der Waals surface area contributed by atoms with Gasteiger partial charge in [0, 0.05) is 11.3 Å². The van der Waals surface area contributed by atoms with E-state index < -0.39 is 22.5 Å². The summed E-state index contributed by atoms with van der Waals surface area (Å²) in [7, 11) is 0. The molecule has 1 heterocycles. The predicted octanol–water partition coefficient (Wildman–Crippen LogP) is 2.29. The van der Waals surface area contributed by atoms with Crippen molar-refractivity contribution in [3.8, 4) is 0 Å². The molecule has 0 aromatic carbocycles. The number of aliphatic hydroxyl groups is 1. The molecule has 2 spiro atoms. The molecule has 8 atom stereocenters. The van der Waals surface area contributed by atoms with Crippen LogP contribution in [0.1, 0.15) is 47.0 Å². The van der Waals surface area contributed by atoms with Gasteiger partial charge in [-0.05, 0) is 49.0 Å². The number of Topliss-reactive ketones (excluding diaryl/α,β-unsaturated/α-hetero) is 2. The molecule has 4 saturated carbocycles. The van der Waals surface area contributed by atoms with Crippen molar-refractivity contribution in [1.29, 1.82) is 0 Å². The van der Waals surface area contributed by atoms with Crippen LogP contribution < -0.4 is 0 Å². The van der Waals surface area contributed by atoms with E-state index in [4.69, 9.17) is 4.74 Å². The second-order valence-electron chi connectivity index (χ2n) is 9.56. The second kappa shape index (κ2) is 3.73. The van der Waals surface area contributed by atoms with Crippen LogP contribution >= 0.6 is 0 Å². The second-order valence-corrected chi connectivity index (χ2v) is 9.56. The largest absolute Gasteiger partial charge is 0.386 e. The molecule has 1 saturated heterocycles. The van der Waals surface area contributed by atoms with Gasteiger partial charge in [-0.15, -0.1) is 0 Å². The van der Waals surface area contributed by atoms with E-state index in [1.807, 2.05) is 13.8 Å². The predicted molar refractivity (Wildman–Crippen MR) is 87.1 cm³/mol. The highest BCUT2D eigenvalue weighted by Gasteiger charge is 2.94. The summed E-state index contributed by atoms with van der Waals surface area (Å²) in [5, 5.41) is 10.4. The summed E-state index contributed by atoms with van der Waals surface area (Å²) in [6.45, 7) is 12.5. The van der Waals surface area contributed by atoms with Crippen molar-refractivity contribution in [3.05, 3.63) is 12.2 Å². The minimum absolute atomic E-state index is 0.00443. The minimum Gasteiger partial charge on any atom is -0.386 e. The van der Waals surface area contributed by atoms with Gasteiger partial charge < -0.3 is 9.84 Å². The molecule has 0 radical (unpaired) electrons. The third-order valence-electron chi connectivity index (χ3n) is 9.17. The number of carbonyl (C=O) groups excluding carboxylic acids is 2. The summed E-state index contributed by atoms with van der Waals surface area (Å²) in [4.78, 5) is 26.6. The molecule has 4 aliphatic carbocycles. The van der Waals surface area contributed by atoms with Crippen LogP contribution in [0.25, 0.3) is 0 Å². The summed E-state index contributed by atoms with van der Waals surface area (Å²) in [6.07, 6.45) is 1.61. The maximum Gasteiger partial charge on any atom is 0.208 e. The highest BCUT2D eigenvalue weighted by atomic mass is 16.6. The van der Waals surface area contributed by atoms with Crippen LogP contribution in [0.2, 0.25) is 0 Å². The van der Waals surface area contributed by atoms with Crippen molar-refractivity contribution in [3.63, 3.8) is 0 Å². The summed E-state index contributed by atoms with van der Waals surface area (Å²) < 4.78 is 6.04. The zero-order valence-electron chi connectivity index (χ0n) is 14.9. The summed E-state index contributed by atoms with van der Waals surface area (Å²) in [6, 6.07) is 0. The molecule has 0 amide bonds. The van der Waals surface area contributed by atoms with Crippen molar-refractivity contribution in [2.75, 3.05) is 0 Å². The van der Waals surface area contributed by atoms with Crippen molar-refractivity contribution in [1.82, 2.24) is 0 Å². The van der Waals surface area contributed by atoms with Crippen LogP contribution in [-0.4, -0.2) is 34.5 Å². The first-order chi connectivity index (χ1) is 11.1. The number of ketones is 2. The van der Waals surface area contributed by atoms with Crippen molar-refractivity contribution in [2.24, 2.45) is 34.0 Å². The number of hydrogen-bond acceptors (Lipinski definition) is 4. The molecule has 24 heavy (non-hydrogen) atoms. The van der Waals surface area contributed by atoms with Crippen molar-refractivity contribution >= 4 is 11.6 Å². The summed E-state index contributed by atoms with van der Waals surface area (Å²) in [5.41, 5.74) is -1.63. The lowest BCUT2D eigenvalue weighted by Crippen LogP contribution is -2.48. The summed E-state index contributed by atoms with van der Waals surface area (Å²) >= 11 is 0. The molecule has 1 aliphatic heterocycles. The Hall–Kier alpha value is -1.00. The third kappa shape index (κ3) is 1.04. The van der Waals surface area contributed by atoms with E-state index in [-0.39, 0.29) is 34.9 Å². The Kier molecular flexibility index (Phi) is 2.37. The van der Waals surface area contributed by atoms with E-state index >= 15 is 0 Å². The number of carbonyl (C=O) groups is 2. The fourth-order valence-corrected chi connectivity index (χ4v) is 8.02.